The summed E-state index contributed by atoms with van der Waals surface area (Å²) in [6.45, 7) is 3.73. The van der Waals surface area contributed by atoms with E-state index in [0.717, 1.165) is 21.1 Å². The summed E-state index contributed by atoms with van der Waals surface area (Å²) in [6.07, 6.45) is -0.636. The maximum Gasteiger partial charge on any atom is 0.434 e. The number of nitrogens with zero attached hydrogens (tertiary/aromatic N) is 4. The van der Waals surface area contributed by atoms with Crippen molar-refractivity contribution in [2.24, 2.45) is 0 Å². The molecule has 0 spiro atoms. The molecule has 0 unspecified atom stereocenters. The highest BCUT2D eigenvalue weighted by molar-refractivity contribution is 6.06. The highest BCUT2D eigenvalue weighted by atomic mass is 16.6. The summed E-state index contributed by atoms with van der Waals surface area (Å²) in [4.78, 5) is 57.8. The molecule has 4 amide bonds. The van der Waals surface area contributed by atoms with Crippen molar-refractivity contribution in [3.05, 3.63) is 139 Å². The number of hydrogen-bond acceptors (Lipinski definition) is 8. The lowest BCUT2D eigenvalue weighted by atomic mass is 10.0. The van der Waals surface area contributed by atoms with Crippen molar-refractivity contribution in [1.29, 1.82) is 0 Å². The van der Waals surface area contributed by atoms with E-state index in [4.69, 9.17) is 4.74 Å². The second-order valence-electron chi connectivity index (χ2n) is 15.0. The molecule has 7 rings (SSSR count). The number of aliphatic hydroxyl groups excluding tert-OH is 1. The first-order valence-electron chi connectivity index (χ1n) is 20.4. The standard InChI is InChI=1S/C47H50N6O7/c54-38-22-27-51(28-23-38)33-44(55)49-37-17-11-16-36(32-37)45(56)48-26-31-50-29-24-39(25-30-50)60-47(59)53(43-21-10-8-19-41(43)35-14-5-2-6-15-35)52(46(57)58)42-20-9-7-18-40(42)34-12-3-1-4-13-34/h1-21,32,38-39,54H,22-31,33H2,(H,48,56)(H,49,55)(H,57,58). The molecule has 0 atom stereocenters. The van der Waals surface area contributed by atoms with E-state index in [1.54, 1.807) is 48.5 Å². The summed E-state index contributed by atoms with van der Waals surface area (Å²) in [5, 5.41) is 28.6. The summed E-state index contributed by atoms with van der Waals surface area (Å²) in [5.74, 6) is -0.428. The first-order valence-corrected chi connectivity index (χ1v) is 20.4. The molecule has 2 aliphatic rings. The summed E-state index contributed by atoms with van der Waals surface area (Å²) >= 11 is 0. The van der Waals surface area contributed by atoms with Gasteiger partial charge in [0.25, 0.3) is 5.91 Å². The predicted molar refractivity (Wildman–Crippen MR) is 232 cm³/mol. The van der Waals surface area contributed by atoms with Gasteiger partial charge < -0.3 is 30.5 Å². The van der Waals surface area contributed by atoms with E-state index >= 15 is 0 Å². The number of aliphatic hydroxyl groups is 1. The van der Waals surface area contributed by atoms with Gasteiger partial charge >= 0.3 is 12.2 Å². The van der Waals surface area contributed by atoms with E-state index in [0.29, 0.717) is 98.7 Å². The summed E-state index contributed by atoms with van der Waals surface area (Å²) in [6, 6.07) is 40.0. The number of carboxylic acid groups (broad SMARTS) is 1. The largest absolute Gasteiger partial charge is 0.463 e. The van der Waals surface area contributed by atoms with Crippen LogP contribution < -0.4 is 20.7 Å². The van der Waals surface area contributed by atoms with E-state index in [1.165, 1.54) is 0 Å². The van der Waals surface area contributed by atoms with Gasteiger partial charge in [-0.3, -0.25) is 14.5 Å². The molecule has 2 saturated heterocycles. The molecule has 2 heterocycles. The Morgan fingerprint density at radius 1 is 0.650 bits per heavy atom. The summed E-state index contributed by atoms with van der Waals surface area (Å²) in [5.41, 5.74) is 4.48. The van der Waals surface area contributed by atoms with Crippen molar-refractivity contribution in [2.75, 3.05) is 61.1 Å². The van der Waals surface area contributed by atoms with Crippen molar-refractivity contribution >= 4 is 41.1 Å². The SMILES string of the molecule is O=C(CN1CCC(O)CC1)Nc1cccc(C(=O)NCCN2CCC(OC(=O)N(c3ccccc3-c3ccccc3)N(C(=O)O)c3ccccc3-c3ccccc3)CC2)c1. The van der Waals surface area contributed by atoms with Gasteiger partial charge in [0.15, 0.2) is 0 Å². The first-order chi connectivity index (χ1) is 29.2. The monoisotopic (exact) mass is 810 g/mol. The molecule has 4 N–H and O–H groups in total. The van der Waals surface area contributed by atoms with E-state index in [9.17, 15) is 29.4 Å². The second-order valence-corrected chi connectivity index (χ2v) is 15.0. The maximum absolute atomic E-state index is 14.5. The highest BCUT2D eigenvalue weighted by Gasteiger charge is 2.36. The van der Waals surface area contributed by atoms with Crippen LogP contribution in [-0.2, 0) is 9.53 Å². The van der Waals surface area contributed by atoms with Crippen LogP contribution in [0.4, 0.5) is 26.7 Å². The van der Waals surface area contributed by atoms with Gasteiger partial charge in [-0.1, -0.05) is 103 Å². The molecule has 0 radical (unpaired) electrons. The first kappa shape index (κ1) is 41.6. The number of amides is 4. The fourth-order valence-electron chi connectivity index (χ4n) is 7.72. The molecule has 5 aromatic carbocycles. The fourth-order valence-corrected chi connectivity index (χ4v) is 7.72. The third-order valence-electron chi connectivity index (χ3n) is 10.8. The fraction of sp³-hybridized carbons (Fsp3) is 0.277. The van der Waals surface area contributed by atoms with Gasteiger partial charge in [-0.05, 0) is 67.1 Å². The Bertz CT molecular complexity index is 2240. The van der Waals surface area contributed by atoms with E-state index in [2.05, 4.69) is 15.5 Å². The number of benzene rings is 5. The summed E-state index contributed by atoms with van der Waals surface area (Å²) in [7, 11) is 0. The molecule has 5 aromatic rings. The number of rotatable bonds is 12. The average Bonchev–Trinajstić information content (AvgIpc) is 3.27. The number of nitrogens with one attached hydrogen (secondary N) is 2. The van der Waals surface area contributed by atoms with Crippen molar-refractivity contribution in [2.45, 2.75) is 37.9 Å². The third kappa shape index (κ3) is 10.5. The quantitative estimate of drug-likeness (QED) is 0.0947. The molecule has 0 bridgehead atoms. The molecule has 310 valence electrons. The van der Waals surface area contributed by atoms with Crippen molar-refractivity contribution < 1.29 is 34.1 Å². The van der Waals surface area contributed by atoms with Crippen LogP contribution in [0.15, 0.2) is 133 Å². The molecule has 2 aliphatic heterocycles. The molecule has 13 nitrogen and oxygen atoms in total. The molecular formula is C47H50N6O7. The Hall–Kier alpha value is -6.54. The molecule has 13 heteroatoms. The number of ether oxygens (including phenoxy) is 1. The molecule has 0 saturated carbocycles. The zero-order valence-electron chi connectivity index (χ0n) is 33.4. The normalized spacial score (nSPS) is 15.2. The van der Waals surface area contributed by atoms with Crippen molar-refractivity contribution in [3.63, 3.8) is 0 Å². The van der Waals surface area contributed by atoms with Crippen LogP contribution in [0.2, 0.25) is 0 Å². The maximum atomic E-state index is 14.5. The van der Waals surface area contributed by atoms with Crippen LogP contribution in [0.5, 0.6) is 0 Å². The van der Waals surface area contributed by atoms with Crippen molar-refractivity contribution in [3.8, 4) is 22.3 Å². The lowest BCUT2D eigenvalue weighted by Crippen LogP contribution is -2.52. The van der Waals surface area contributed by atoms with Gasteiger partial charge in [0.05, 0.1) is 24.0 Å². The number of anilines is 3. The second kappa shape index (κ2) is 19.9. The van der Waals surface area contributed by atoms with Gasteiger partial charge in [0.1, 0.15) is 6.10 Å². The zero-order valence-corrected chi connectivity index (χ0v) is 33.4. The van der Waals surface area contributed by atoms with Crippen molar-refractivity contribution in [1.82, 2.24) is 15.1 Å². The highest BCUT2D eigenvalue weighted by Crippen LogP contribution is 2.38. The minimum absolute atomic E-state index is 0.171. The molecular weight excluding hydrogens is 761 g/mol. The van der Waals surface area contributed by atoms with Gasteiger partial charge in [0, 0.05) is 61.6 Å². The summed E-state index contributed by atoms with van der Waals surface area (Å²) < 4.78 is 6.17. The van der Waals surface area contributed by atoms with Crippen LogP contribution >= 0.6 is 0 Å². The Morgan fingerprint density at radius 2 is 1.20 bits per heavy atom. The number of hydrazine groups is 1. The number of likely N-dealkylation sites (tertiary alicyclic amines) is 2. The van der Waals surface area contributed by atoms with Gasteiger partial charge in [-0.15, -0.1) is 0 Å². The third-order valence-corrected chi connectivity index (χ3v) is 10.8. The smallest absolute Gasteiger partial charge is 0.434 e. The van der Waals surface area contributed by atoms with Crippen LogP contribution in [-0.4, -0.2) is 102 Å². The topological polar surface area (TPSA) is 155 Å². The predicted octanol–water partition coefficient (Wildman–Crippen LogP) is 7.35. The Kier molecular flexibility index (Phi) is 13.8. The Labute approximate surface area is 349 Å². The van der Waals surface area contributed by atoms with E-state index < -0.39 is 18.3 Å². The van der Waals surface area contributed by atoms with Gasteiger partial charge in [-0.25, -0.2) is 9.59 Å². The van der Waals surface area contributed by atoms with Crippen LogP contribution in [0.25, 0.3) is 22.3 Å². The lowest BCUT2D eigenvalue weighted by molar-refractivity contribution is -0.117. The lowest BCUT2D eigenvalue weighted by Gasteiger charge is -2.36. The van der Waals surface area contributed by atoms with E-state index in [1.807, 2.05) is 89.8 Å². The molecule has 2 fully saturated rings. The number of carbonyl (C=O) groups excluding carboxylic acids is 3. The number of piperidine rings is 2. The number of hydrogen-bond donors (Lipinski definition) is 4. The van der Waals surface area contributed by atoms with Crippen LogP contribution in [0, 0.1) is 0 Å². The molecule has 60 heavy (non-hydrogen) atoms. The van der Waals surface area contributed by atoms with Gasteiger partial charge in [0.2, 0.25) is 5.91 Å². The van der Waals surface area contributed by atoms with Gasteiger partial charge in [-0.2, -0.15) is 10.0 Å². The molecule has 0 aromatic heterocycles. The zero-order chi connectivity index (χ0) is 41.8. The van der Waals surface area contributed by atoms with Crippen LogP contribution in [0.1, 0.15) is 36.0 Å². The molecule has 0 aliphatic carbocycles. The Balaban J connectivity index is 0.990. The number of carbonyl (C=O) groups is 4. The van der Waals surface area contributed by atoms with E-state index in [-0.39, 0.29) is 24.5 Å². The average molecular weight is 811 g/mol. The Morgan fingerprint density at radius 3 is 1.80 bits per heavy atom. The number of para-hydroxylation sites is 2. The minimum atomic E-state index is -1.36. The van der Waals surface area contributed by atoms with Crippen LogP contribution in [0.3, 0.4) is 0 Å². The minimum Gasteiger partial charge on any atom is -0.463 e.